The predicted molar refractivity (Wildman–Crippen MR) is 95.9 cm³/mol. The first kappa shape index (κ1) is 15.0. The second-order valence-corrected chi connectivity index (χ2v) is 6.19. The molecule has 0 saturated carbocycles. The van der Waals surface area contributed by atoms with E-state index in [1.54, 1.807) is 0 Å². The van der Waals surface area contributed by atoms with Crippen molar-refractivity contribution in [1.29, 1.82) is 0 Å². The third-order valence-electron chi connectivity index (χ3n) is 4.51. The van der Waals surface area contributed by atoms with Crippen molar-refractivity contribution in [2.45, 2.75) is 26.0 Å². The Labute approximate surface area is 141 Å². The van der Waals surface area contributed by atoms with Crippen LogP contribution < -0.4 is 5.32 Å². The average molecular weight is 319 g/mol. The van der Waals surface area contributed by atoms with E-state index in [1.165, 1.54) is 16.8 Å². The molecule has 1 aromatic heterocycles. The number of rotatable bonds is 4. The van der Waals surface area contributed by atoms with E-state index in [0.29, 0.717) is 6.61 Å². The first-order valence-electron chi connectivity index (χ1n) is 8.37. The van der Waals surface area contributed by atoms with E-state index in [1.807, 2.05) is 6.07 Å². The summed E-state index contributed by atoms with van der Waals surface area (Å²) >= 11 is 0. The lowest BCUT2D eigenvalue weighted by atomic mass is 10.0. The van der Waals surface area contributed by atoms with Crippen molar-refractivity contribution in [2.75, 3.05) is 11.9 Å². The number of hydrogen-bond donors (Lipinski definition) is 2. The summed E-state index contributed by atoms with van der Waals surface area (Å²) in [5, 5.41) is 11.2. The minimum Gasteiger partial charge on any atom is -0.379 e. The molecule has 0 spiro atoms. The monoisotopic (exact) mass is 319 g/mol. The second-order valence-electron chi connectivity index (χ2n) is 6.19. The van der Waals surface area contributed by atoms with Gasteiger partial charge in [0.15, 0.2) is 0 Å². The number of anilines is 1. The summed E-state index contributed by atoms with van der Waals surface area (Å²) in [5.74, 6) is 0. The summed E-state index contributed by atoms with van der Waals surface area (Å²) in [6.45, 7) is 3.58. The number of ether oxygens (including phenoxy) is 1. The molecule has 4 nitrogen and oxygen atoms in total. The summed E-state index contributed by atoms with van der Waals surface area (Å²) in [6.07, 6.45) is 0.908. The SMILES string of the molecule is CC(Nc1cccc(-c2n[nH]c3c2COCC3)c1)c1ccccc1. The topological polar surface area (TPSA) is 49.9 Å². The van der Waals surface area contributed by atoms with Crippen LogP contribution in [0.3, 0.4) is 0 Å². The fourth-order valence-corrected chi connectivity index (χ4v) is 3.18. The molecule has 1 aliphatic heterocycles. The van der Waals surface area contributed by atoms with Crippen molar-refractivity contribution in [3.63, 3.8) is 0 Å². The van der Waals surface area contributed by atoms with Crippen LogP contribution in [0.5, 0.6) is 0 Å². The van der Waals surface area contributed by atoms with Crippen LogP contribution in [0.1, 0.15) is 29.8 Å². The van der Waals surface area contributed by atoms with Crippen molar-refractivity contribution < 1.29 is 4.74 Å². The summed E-state index contributed by atoms with van der Waals surface area (Å²) in [5.41, 5.74) is 6.87. The Hall–Kier alpha value is -2.59. The van der Waals surface area contributed by atoms with Gasteiger partial charge in [0, 0.05) is 35.0 Å². The van der Waals surface area contributed by atoms with Crippen molar-refractivity contribution in [2.24, 2.45) is 0 Å². The Bertz CT molecular complexity index is 826. The largest absolute Gasteiger partial charge is 0.379 e. The Morgan fingerprint density at radius 3 is 2.88 bits per heavy atom. The van der Waals surface area contributed by atoms with Gasteiger partial charge in [-0.15, -0.1) is 0 Å². The molecular weight excluding hydrogens is 298 g/mol. The number of nitrogens with one attached hydrogen (secondary N) is 2. The van der Waals surface area contributed by atoms with Gasteiger partial charge in [-0.05, 0) is 24.6 Å². The number of hydrogen-bond acceptors (Lipinski definition) is 3. The highest BCUT2D eigenvalue weighted by molar-refractivity contribution is 5.68. The van der Waals surface area contributed by atoms with Gasteiger partial charge >= 0.3 is 0 Å². The molecule has 3 aromatic rings. The summed E-state index contributed by atoms with van der Waals surface area (Å²) in [7, 11) is 0. The molecule has 0 bridgehead atoms. The number of fused-ring (bicyclic) bond motifs is 1. The van der Waals surface area contributed by atoms with Gasteiger partial charge in [0.25, 0.3) is 0 Å². The van der Waals surface area contributed by atoms with E-state index in [4.69, 9.17) is 4.74 Å². The van der Waals surface area contributed by atoms with Crippen LogP contribution >= 0.6 is 0 Å². The zero-order chi connectivity index (χ0) is 16.4. The highest BCUT2D eigenvalue weighted by atomic mass is 16.5. The Kier molecular flexibility index (Phi) is 4.05. The van der Waals surface area contributed by atoms with Crippen molar-refractivity contribution in [3.05, 3.63) is 71.4 Å². The van der Waals surface area contributed by atoms with E-state index in [2.05, 4.69) is 71.0 Å². The lowest BCUT2D eigenvalue weighted by molar-refractivity contribution is 0.110. The van der Waals surface area contributed by atoms with Crippen LogP contribution in [0.4, 0.5) is 5.69 Å². The first-order valence-corrected chi connectivity index (χ1v) is 8.37. The van der Waals surface area contributed by atoms with Crippen molar-refractivity contribution in [3.8, 4) is 11.3 Å². The molecular formula is C20H21N3O. The van der Waals surface area contributed by atoms with E-state index >= 15 is 0 Å². The third-order valence-corrected chi connectivity index (χ3v) is 4.51. The van der Waals surface area contributed by atoms with Gasteiger partial charge < -0.3 is 10.1 Å². The molecule has 1 aliphatic rings. The van der Waals surface area contributed by atoms with Gasteiger partial charge in [-0.1, -0.05) is 42.5 Å². The molecule has 0 amide bonds. The Balaban J connectivity index is 1.59. The summed E-state index contributed by atoms with van der Waals surface area (Å²) in [6, 6.07) is 19.1. The van der Waals surface area contributed by atoms with Gasteiger partial charge in [-0.2, -0.15) is 5.10 Å². The minimum atomic E-state index is 0.248. The van der Waals surface area contributed by atoms with Gasteiger partial charge in [0.1, 0.15) is 0 Å². The maximum atomic E-state index is 5.59. The normalized spacial score (nSPS) is 14.9. The summed E-state index contributed by atoms with van der Waals surface area (Å²) < 4.78 is 5.59. The molecule has 1 unspecified atom stereocenters. The molecule has 0 saturated heterocycles. The molecule has 122 valence electrons. The summed E-state index contributed by atoms with van der Waals surface area (Å²) in [4.78, 5) is 0. The molecule has 0 radical (unpaired) electrons. The number of aromatic amines is 1. The quantitative estimate of drug-likeness (QED) is 0.753. The smallest absolute Gasteiger partial charge is 0.0979 e. The van der Waals surface area contributed by atoms with E-state index in [9.17, 15) is 0 Å². The fraction of sp³-hybridized carbons (Fsp3) is 0.250. The van der Waals surface area contributed by atoms with Gasteiger partial charge in [-0.3, -0.25) is 5.10 Å². The van der Waals surface area contributed by atoms with Crippen LogP contribution in [0.15, 0.2) is 54.6 Å². The second kappa shape index (κ2) is 6.49. The molecule has 24 heavy (non-hydrogen) atoms. The Morgan fingerprint density at radius 1 is 1.12 bits per heavy atom. The maximum Gasteiger partial charge on any atom is 0.0979 e. The van der Waals surface area contributed by atoms with E-state index < -0.39 is 0 Å². The zero-order valence-electron chi connectivity index (χ0n) is 13.8. The molecule has 0 fully saturated rings. The van der Waals surface area contributed by atoms with E-state index in [0.717, 1.165) is 30.0 Å². The highest BCUT2D eigenvalue weighted by Gasteiger charge is 2.18. The van der Waals surface area contributed by atoms with E-state index in [-0.39, 0.29) is 6.04 Å². The van der Waals surface area contributed by atoms with Gasteiger partial charge in [0.05, 0.1) is 18.9 Å². The predicted octanol–water partition coefficient (Wildman–Crippen LogP) is 4.32. The number of benzene rings is 2. The number of H-pyrrole nitrogens is 1. The maximum absolute atomic E-state index is 5.59. The molecule has 2 aromatic carbocycles. The minimum absolute atomic E-state index is 0.248. The highest BCUT2D eigenvalue weighted by Crippen LogP contribution is 2.29. The molecule has 1 atom stereocenters. The third kappa shape index (κ3) is 2.93. The van der Waals surface area contributed by atoms with Crippen molar-refractivity contribution in [1.82, 2.24) is 10.2 Å². The molecule has 0 aliphatic carbocycles. The standard InChI is InChI=1S/C20H21N3O/c1-14(15-6-3-2-4-7-15)21-17-9-5-8-16(12-17)20-18-13-24-11-10-19(18)22-23-20/h2-9,12,14,21H,10-11,13H2,1H3,(H,22,23). The first-order chi connectivity index (χ1) is 11.8. The number of aromatic nitrogens is 2. The van der Waals surface area contributed by atoms with Crippen LogP contribution in [0.2, 0.25) is 0 Å². The van der Waals surface area contributed by atoms with Crippen LogP contribution in [-0.4, -0.2) is 16.8 Å². The molecule has 4 heteroatoms. The number of nitrogens with zero attached hydrogens (tertiary/aromatic N) is 1. The Morgan fingerprint density at radius 2 is 2.00 bits per heavy atom. The lowest BCUT2D eigenvalue weighted by Gasteiger charge is -2.17. The fourth-order valence-electron chi connectivity index (χ4n) is 3.18. The van der Waals surface area contributed by atoms with Crippen LogP contribution in [-0.2, 0) is 17.8 Å². The molecule has 4 rings (SSSR count). The lowest BCUT2D eigenvalue weighted by Crippen LogP contribution is -2.09. The van der Waals surface area contributed by atoms with Crippen molar-refractivity contribution >= 4 is 5.69 Å². The molecule has 2 N–H and O–H groups in total. The van der Waals surface area contributed by atoms with Gasteiger partial charge in [0.2, 0.25) is 0 Å². The van der Waals surface area contributed by atoms with Crippen LogP contribution in [0, 0.1) is 0 Å². The average Bonchev–Trinajstić information content (AvgIpc) is 3.07. The molecule has 2 heterocycles. The zero-order valence-corrected chi connectivity index (χ0v) is 13.8. The van der Waals surface area contributed by atoms with Crippen LogP contribution in [0.25, 0.3) is 11.3 Å². The van der Waals surface area contributed by atoms with Gasteiger partial charge in [-0.25, -0.2) is 0 Å².